The Morgan fingerprint density at radius 1 is 1.24 bits per heavy atom. The van der Waals surface area contributed by atoms with Gasteiger partial charge in [0.15, 0.2) is 5.82 Å². The van der Waals surface area contributed by atoms with Crippen LogP contribution in [0.2, 0.25) is 4.34 Å². The van der Waals surface area contributed by atoms with E-state index in [1.54, 1.807) is 30.7 Å². The quantitative estimate of drug-likeness (QED) is 0.213. The van der Waals surface area contributed by atoms with E-state index in [9.17, 15) is 18.0 Å². The van der Waals surface area contributed by atoms with Crippen LogP contribution < -0.4 is 15.4 Å². The zero-order chi connectivity index (χ0) is 29.9. The van der Waals surface area contributed by atoms with Crippen molar-refractivity contribution in [2.24, 2.45) is 0 Å². The van der Waals surface area contributed by atoms with Crippen LogP contribution in [0, 0.1) is 0 Å². The predicted molar refractivity (Wildman–Crippen MR) is 160 cm³/mol. The highest BCUT2D eigenvalue weighted by atomic mass is 35.5. The molecule has 1 saturated heterocycles. The number of rotatable bonds is 11. The molecule has 1 aliphatic heterocycles. The van der Waals surface area contributed by atoms with Gasteiger partial charge in [-0.05, 0) is 43.2 Å². The fourth-order valence-electron chi connectivity index (χ4n) is 4.78. The van der Waals surface area contributed by atoms with E-state index < -0.39 is 15.6 Å². The molecule has 4 aromatic rings. The Labute approximate surface area is 252 Å². The van der Waals surface area contributed by atoms with Crippen LogP contribution in [-0.4, -0.2) is 56.4 Å². The maximum Gasteiger partial charge on any atom is 0.293 e. The molecule has 1 fully saturated rings. The van der Waals surface area contributed by atoms with Crippen LogP contribution in [0.25, 0.3) is 10.9 Å². The molecule has 0 saturated carbocycles. The fourth-order valence-corrected chi connectivity index (χ4v) is 7.28. The summed E-state index contributed by atoms with van der Waals surface area (Å²) in [5.74, 6) is -0.0341. The molecule has 1 atom stereocenters. The molecule has 3 heterocycles. The molecule has 0 aliphatic carbocycles. The molecular weight excluding hydrogens is 602 g/mol. The number of carbonyl (C=O) groups excluding carboxylic acids is 2. The molecular formula is C28H30ClN5O6S2. The molecule has 0 bridgehead atoms. The summed E-state index contributed by atoms with van der Waals surface area (Å²) >= 11 is 6.93. The van der Waals surface area contributed by atoms with E-state index in [4.69, 9.17) is 21.1 Å². The number of hydrogen-bond donors (Lipinski definition) is 3. The van der Waals surface area contributed by atoms with Gasteiger partial charge < -0.3 is 20.1 Å². The predicted octanol–water partition coefficient (Wildman–Crippen LogP) is 3.61. The topological polar surface area (TPSA) is 141 Å². The fraction of sp³-hybridized carbons (Fsp3) is 0.321. The SMILES string of the molecule is CC(C)(OC=O)c1cccc2c1c(NS(=O)(=O)c1ccc(Cl)s1)nn2Cc1cccc(CNC(=O)[C@H]2COCCN2)c1. The number of anilines is 1. The number of ether oxygens (including phenoxy) is 2. The van der Waals surface area contributed by atoms with Crippen molar-refractivity contribution in [1.29, 1.82) is 0 Å². The summed E-state index contributed by atoms with van der Waals surface area (Å²) in [5, 5.41) is 11.2. The smallest absolute Gasteiger partial charge is 0.293 e. The van der Waals surface area contributed by atoms with Gasteiger partial charge in [0.05, 0.1) is 35.0 Å². The van der Waals surface area contributed by atoms with Gasteiger partial charge in [0, 0.05) is 18.7 Å². The van der Waals surface area contributed by atoms with Crippen LogP contribution in [0.4, 0.5) is 5.82 Å². The minimum Gasteiger partial charge on any atom is -0.457 e. The zero-order valence-corrected chi connectivity index (χ0v) is 25.3. The molecule has 2 aromatic carbocycles. The minimum atomic E-state index is -4.01. The Balaban J connectivity index is 1.46. The summed E-state index contributed by atoms with van der Waals surface area (Å²) in [4.78, 5) is 23.8. The van der Waals surface area contributed by atoms with Gasteiger partial charge in [-0.25, -0.2) is 8.42 Å². The first kappa shape index (κ1) is 30.0. The molecule has 3 N–H and O–H groups in total. The van der Waals surface area contributed by atoms with Crippen LogP contribution in [0.3, 0.4) is 0 Å². The standard InChI is InChI=1S/C28H30ClN5O6S2/c1-28(2,40-17-35)20-7-4-8-22-25(20)26(33-42(37,38)24-10-9-23(29)41-24)32-34(22)15-19-6-3-5-18(13-19)14-31-27(36)21-16-39-12-11-30-21/h3-10,13,17,21,30H,11-12,14-16H2,1-2H3,(H,31,36)(H,32,33)/t21-/m1/s1. The van der Waals surface area contributed by atoms with Gasteiger partial charge in [-0.2, -0.15) is 5.10 Å². The van der Waals surface area contributed by atoms with Crippen molar-refractivity contribution in [1.82, 2.24) is 20.4 Å². The Morgan fingerprint density at radius 3 is 2.74 bits per heavy atom. The van der Waals surface area contributed by atoms with Gasteiger partial charge in [0.2, 0.25) is 5.91 Å². The van der Waals surface area contributed by atoms with Crippen molar-refractivity contribution < 1.29 is 27.5 Å². The highest BCUT2D eigenvalue weighted by Crippen LogP contribution is 2.37. The number of nitrogens with one attached hydrogen (secondary N) is 3. The van der Waals surface area contributed by atoms with E-state index in [0.29, 0.717) is 60.1 Å². The average Bonchev–Trinajstić information content (AvgIpc) is 3.56. The first-order valence-corrected chi connectivity index (χ1v) is 15.8. The number of amides is 1. The van der Waals surface area contributed by atoms with Gasteiger partial charge in [0.25, 0.3) is 16.5 Å². The second-order valence-electron chi connectivity index (χ2n) is 10.2. The number of hydrogen-bond acceptors (Lipinski definition) is 9. The molecule has 1 aliphatic rings. The minimum absolute atomic E-state index is 0.0424. The Morgan fingerprint density at radius 2 is 2.02 bits per heavy atom. The second kappa shape index (κ2) is 12.4. The average molecular weight is 632 g/mol. The summed E-state index contributed by atoms with van der Waals surface area (Å²) in [7, 11) is -4.01. The Bertz CT molecular complexity index is 1710. The molecule has 0 spiro atoms. The van der Waals surface area contributed by atoms with Crippen LogP contribution in [0.15, 0.2) is 58.8 Å². The normalized spacial score (nSPS) is 15.8. The van der Waals surface area contributed by atoms with Crippen molar-refractivity contribution in [3.63, 3.8) is 0 Å². The van der Waals surface area contributed by atoms with Gasteiger partial charge in [0.1, 0.15) is 15.9 Å². The molecule has 42 heavy (non-hydrogen) atoms. The molecule has 1 amide bonds. The zero-order valence-electron chi connectivity index (χ0n) is 22.9. The summed E-state index contributed by atoms with van der Waals surface area (Å²) in [6.45, 7) is 5.99. The third kappa shape index (κ3) is 6.60. The summed E-state index contributed by atoms with van der Waals surface area (Å²) < 4.78 is 41.9. The number of morpholine rings is 1. The van der Waals surface area contributed by atoms with Gasteiger partial charge in [-0.1, -0.05) is 48.0 Å². The van der Waals surface area contributed by atoms with Crippen molar-refractivity contribution >= 4 is 62.1 Å². The number of nitrogens with zero attached hydrogens (tertiary/aromatic N) is 2. The van der Waals surface area contributed by atoms with Crippen molar-refractivity contribution in [2.75, 3.05) is 24.5 Å². The largest absolute Gasteiger partial charge is 0.457 e. The van der Waals surface area contributed by atoms with E-state index in [-0.39, 0.29) is 22.0 Å². The third-order valence-corrected chi connectivity index (χ3v) is 9.90. The van der Waals surface area contributed by atoms with Crippen LogP contribution in [-0.2, 0) is 47.8 Å². The Kier molecular flexibility index (Phi) is 8.85. The molecule has 0 unspecified atom stereocenters. The Hall–Kier alpha value is -3.49. The molecule has 0 radical (unpaired) electrons. The van der Waals surface area contributed by atoms with Crippen LogP contribution >= 0.6 is 22.9 Å². The van der Waals surface area contributed by atoms with Crippen molar-refractivity contribution in [2.45, 2.75) is 42.8 Å². The number of carbonyl (C=O) groups is 2. The lowest BCUT2D eigenvalue weighted by molar-refractivity contribution is -0.141. The van der Waals surface area contributed by atoms with E-state index in [0.717, 1.165) is 22.5 Å². The highest BCUT2D eigenvalue weighted by molar-refractivity contribution is 7.94. The van der Waals surface area contributed by atoms with E-state index in [2.05, 4.69) is 20.5 Å². The number of benzene rings is 2. The lowest BCUT2D eigenvalue weighted by atomic mass is 9.94. The number of halogens is 1. The molecule has 14 heteroatoms. The van der Waals surface area contributed by atoms with E-state index in [1.807, 2.05) is 30.3 Å². The molecule has 2 aromatic heterocycles. The van der Waals surface area contributed by atoms with Crippen LogP contribution in [0.1, 0.15) is 30.5 Å². The maximum absolute atomic E-state index is 13.3. The number of thiophene rings is 1. The monoisotopic (exact) mass is 631 g/mol. The number of fused-ring (bicyclic) bond motifs is 1. The van der Waals surface area contributed by atoms with Crippen LogP contribution in [0.5, 0.6) is 0 Å². The summed E-state index contributed by atoms with van der Waals surface area (Å²) in [6, 6.07) is 15.6. The summed E-state index contributed by atoms with van der Waals surface area (Å²) in [5.41, 5.74) is 1.93. The van der Waals surface area contributed by atoms with Gasteiger partial charge in [-0.15, -0.1) is 11.3 Å². The van der Waals surface area contributed by atoms with E-state index >= 15 is 0 Å². The maximum atomic E-state index is 13.3. The van der Waals surface area contributed by atoms with Gasteiger partial charge in [-0.3, -0.25) is 19.0 Å². The third-order valence-electron chi connectivity index (χ3n) is 6.84. The number of sulfonamides is 1. The molecule has 222 valence electrons. The lowest BCUT2D eigenvalue weighted by Gasteiger charge is -2.24. The van der Waals surface area contributed by atoms with E-state index in [1.165, 1.54) is 12.1 Å². The van der Waals surface area contributed by atoms with Crippen molar-refractivity contribution in [3.8, 4) is 0 Å². The van der Waals surface area contributed by atoms with Crippen molar-refractivity contribution in [3.05, 3.63) is 75.6 Å². The summed E-state index contributed by atoms with van der Waals surface area (Å²) in [6.07, 6.45) is 0. The number of aromatic nitrogens is 2. The highest BCUT2D eigenvalue weighted by Gasteiger charge is 2.30. The first-order valence-electron chi connectivity index (χ1n) is 13.1. The lowest BCUT2D eigenvalue weighted by Crippen LogP contribution is -2.51. The molecule has 11 nitrogen and oxygen atoms in total. The first-order chi connectivity index (χ1) is 20.1. The second-order valence-corrected chi connectivity index (χ2v) is 13.8. The molecule has 5 rings (SSSR count). The van der Waals surface area contributed by atoms with Gasteiger partial charge >= 0.3 is 0 Å².